The van der Waals surface area contributed by atoms with Crippen LogP contribution in [0.1, 0.15) is 39.3 Å². The molecule has 0 radical (unpaired) electrons. The Morgan fingerprint density at radius 2 is 2.11 bits per heavy atom. The van der Waals surface area contributed by atoms with Gasteiger partial charge in [0.25, 0.3) is 0 Å². The van der Waals surface area contributed by atoms with Crippen LogP contribution in [0.4, 0.5) is 0 Å². The minimum absolute atomic E-state index is 0. The molecule has 9 heavy (non-hydrogen) atoms. The quantitative estimate of drug-likeness (QED) is 0.338. The van der Waals surface area contributed by atoms with E-state index in [0.29, 0.717) is 0 Å². The Balaban J connectivity index is 0. The molecule has 0 bridgehead atoms. The summed E-state index contributed by atoms with van der Waals surface area (Å²) in [5.74, 6) is 0. The van der Waals surface area contributed by atoms with Crippen LogP contribution < -0.4 is 18.9 Å². The van der Waals surface area contributed by atoms with Gasteiger partial charge in [0.1, 0.15) is 0 Å². The zero-order valence-corrected chi connectivity index (χ0v) is 5.57. The van der Waals surface area contributed by atoms with E-state index in [0.717, 1.165) is 6.08 Å². The van der Waals surface area contributed by atoms with E-state index in [2.05, 4.69) is 6.92 Å². The molecule has 0 nitrogen and oxygen atoms in total. The predicted octanol–water partition coefficient (Wildman–Crippen LogP) is -0.183. The fraction of sp³-hybridized carbons (Fsp3) is 0.625. The Hall–Kier alpha value is 0.207. The van der Waals surface area contributed by atoms with E-state index in [4.69, 9.17) is 12.3 Å². The third kappa shape index (κ3) is 11.7. The molecule has 0 atom stereocenters. The van der Waals surface area contributed by atoms with E-state index >= 15 is 0 Å². The summed E-state index contributed by atoms with van der Waals surface area (Å²) in [7, 11) is 0. The molecule has 0 aromatic carbocycles. The van der Waals surface area contributed by atoms with Crippen molar-refractivity contribution in [3.05, 3.63) is 19.1 Å². The van der Waals surface area contributed by atoms with Crippen molar-refractivity contribution in [1.29, 1.82) is 0 Å². The summed E-state index contributed by atoms with van der Waals surface area (Å²) in [4.78, 5) is 0. The molecule has 0 N–H and O–H groups in total. The van der Waals surface area contributed by atoms with Crippen LogP contribution in [0.15, 0.2) is 12.2 Å². The summed E-state index contributed by atoms with van der Waals surface area (Å²) >= 11 is 0. The largest absolute Gasteiger partial charge is 1.00 e. The van der Waals surface area contributed by atoms with Crippen molar-refractivity contribution >= 4 is 0 Å². The fourth-order valence-electron chi connectivity index (χ4n) is 0.260. The van der Waals surface area contributed by atoms with Gasteiger partial charge in [-0.05, 0) is 0 Å². The molecular formula is C8H15Li. The van der Waals surface area contributed by atoms with Crippen LogP contribution in [0, 0.1) is 12.3 Å². The van der Waals surface area contributed by atoms with E-state index in [-0.39, 0.29) is 18.9 Å². The van der Waals surface area contributed by atoms with Gasteiger partial charge >= 0.3 is 18.9 Å². The average molecular weight is 127 g/mol. The van der Waals surface area contributed by atoms with Crippen molar-refractivity contribution in [2.24, 2.45) is 5.41 Å². The molecule has 0 spiro atoms. The van der Waals surface area contributed by atoms with E-state index in [9.17, 15) is 0 Å². The van der Waals surface area contributed by atoms with Gasteiger partial charge in [-0.25, -0.2) is 19.1 Å². The number of allylic oxidation sites excluding steroid dienone is 2. The Bertz CT molecular complexity index is 246. The van der Waals surface area contributed by atoms with E-state index in [1.807, 2.05) is 0 Å². The van der Waals surface area contributed by atoms with Crippen molar-refractivity contribution in [1.82, 2.24) is 0 Å². The zero-order chi connectivity index (χ0) is 14.1. The summed E-state index contributed by atoms with van der Waals surface area (Å²) in [6, 6.07) is 0. The number of hydrogen-bond donors (Lipinski definition) is 0. The maximum atomic E-state index is 7.29. The van der Waals surface area contributed by atoms with Crippen LogP contribution in [-0.4, -0.2) is 0 Å². The van der Waals surface area contributed by atoms with Gasteiger partial charge < -0.3 is 0 Å². The molecule has 0 aromatic rings. The number of hydrogen-bond acceptors (Lipinski definition) is 0. The summed E-state index contributed by atoms with van der Waals surface area (Å²) in [5.41, 5.74) is -2.76. The minimum atomic E-state index is -3.12. The monoisotopic (exact) mass is 127 g/mol. The Morgan fingerprint density at radius 1 is 1.56 bits per heavy atom. The van der Waals surface area contributed by atoms with Gasteiger partial charge in [0, 0.05) is 12.3 Å². The van der Waals surface area contributed by atoms with Crippen LogP contribution in [0.5, 0.6) is 0 Å². The van der Waals surface area contributed by atoms with Crippen LogP contribution in [-0.2, 0) is 0 Å². The first-order chi connectivity index (χ1) is 7.31. The maximum Gasteiger partial charge on any atom is 1.00 e. The molecule has 0 saturated heterocycles. The Morgan fingerprint density at radius 3 is 2.44 bits per heavy atom. The maximum absolute atomic E-state index is 7.29. The molecule has 48 valence electrons. The molecule has 0 aliphatic carbocycles. The second kappa shape index (κ2) is 5.03. The van der Waals surface area contributed by atoms with Gasteiger partial charge in [0.2, 0.25) is 0 Å². The summed E-state index contributed by atoms with van der Waals surface area (Å²) < 4.78 is 65.6. The van der Waals surface area contributed by atoms with E-state index in [1.165, 1.54) is 6.08 Å². The first-order valence-electron chi connectivity index (χ1n) is 6.75. The fourth-order valence-corrected chi connectivity index (χ4v) is 0.260. The van der Waals surface area contributed by atoms with Gasteiger partial charge in [-0.1, -0.05) is 32.4 Å². The van der Waals surface area contributed by atoms with Crippen molar-refractivity contribution in [2.45, 2.75) is 27.0 Å². The molecule has 0 fully saturated rings. The van der Waals surface area contributed by atoms with Crippen molar-refractivity contribution < 1.29 is 31.2 Å². The average Bonchev–Trinajstić information content (AvgIpc) is 1.96. The van der Waals surface area contributed by atoms with Crippen LogP contribution in [0.2, 0.25) is 0 Å². The second-order valence-corrected chi connectivity index (χ2v) is 1.58. The van der Waals surface area contributed by atoms with Gasteiger partial charge in [-0.2, -0.15) is 0 Å². The summed E-state index contributed by atoms with van der Waals surface area (Å²) in [5, 5.41) is 0. The van der Waals surface area contributed by atoms with Gasteiger partial charge in [-0.3, -0.25) is 0 Å². The van der Waals surface area contributed by atoms with E-state index < -0.39 is 32.4 Å². The molecule has 0 saturated carbocycles. The van der Waals surface area contributed by atoms with Crippen LogP contribution in [0.25, 0.3) is 0 Å². The first kappa shape index (κ1) is 2.36. The summed E-state index contributed by atoms with van der Waals surface area (Å²) in [6.07, 6.45) is 1.75. The molecule has 0 amide bonds. The van der Waals surface area contributed by atoms with Crippen molar-refractivity contribution in [3.8, 4) is 0 Å². The molecule has 0 aliphatic rings. The van der Waals surface area contributed by atoms with E-state index in [1.54, 1.807) is 0 Å². The molecule has 1 heteroatoms. The second-order valence-electron chi connectivity index (χ2n) is 1.58. The van der Waals surface area contributed by atoms with Crippen molar-refractivity contribution in [2.75, 3.05) is 0 Å². The van der Waals surface area contributed by atoms with Gasteiger partial charge in [-0.15, -0.1) is 0 Å². The summed E-state index contributed by atoms with van der Waals surface area (Å²) in [6.45, 7) is -6.06. The Kier molecular flexibility index (Phi) is 1.32. The molecule has 0 aromatic heterocycles. The van der Waals surface area contributed by atoms with Crippen molar-refractivity contribution in [3.63, 3.8) is 0 Å². The standard InChI is InChI=1S/C8H15.Li/c1-5-6-7-8(2,3)4;/h5-6H,1,7H2,2-4H3;/q-1;+1/b6-5+;/i2D3,3D3,4D3;. The van der Waals surface area contributed by atoms with Crippen LogP contribution >= 0.6 is 0 Å². The third-order valence-electron chi connectivity index (χ3n) is 0.591. The SMILES string of the molecule is [2H]C([2H])([2H])C(C/C=C/[CH2-])(C([2H])([2H])[2H])C([2H])([2H])[2H].[Li+]. The molecular weight excluding hydrogens is 103 g/mol. The molecule has 0 unspecified atom stereocenters. The molecule has 0 rings (SSSR count). The normalized spacial score (nSPS) is 30.4. The van der Waals surface area contributed by atoms with Gasteiger partial charge in [0.05, 0.1) is 0 Å². The predicted molar refractivity (Wildman–Crippen MR) is 38.6 cm³/mol. The molecule has 0 heterocycles. The first-order valence-corrected chi connectivity index (χ1v) is 2.25. The van der Waals surface area contributed by atoms with Crippen LogP contribution in [0.3, 0.4) is 0 Å². The smallest absolute Gasteiger partial charge is 0.245 e. The van der Waals surface area contributed by atoms with Gasteiger partial charge in [0.15, 0.2) is 0 Å². The zero-order valence-electron chi connectivity index (χ0n) is 14.6. The topological polar surface area (TPSA) is 0 Å². The number of rotatable bonds is 1. The molecule has 0 aliphatic heterocycles. The third-order valence-corrected chi connectivity index (χ3v) is 0.591. The Labute approximate surface area is 83.5 Å². The minimum Gasteiger partial charge on any atom is -0.245 e.